The molecule has 1 atom stereocenters. The summed E-state index contributed by atoms with van der Waals surface area (Å²) in [7, 11) is -2.07. The fourth-order valence-electron chi connectivity index (χ4n) is 3.01. The molecule has 0 amide bonds. The molecule has 0 aliphatic rings. The number of carboxylic acid groups (broad SMARTS) is 1. The Hall–Kier alpha value is -3.20. The van der Waals surface area contributed by atoms with Crippen molar-refractivity contribution in [2.75, 3.05) is 7.11 Å². The minimum atomic E-state index is -3.68. The normalized spacial score (nSPS) is 12.3. The third kappa shape index (κ3) is 5.91. The van der Waals surface area contributed by atoms with E-state index < -0.39 is 22.0 Å². The van der Waals surface area contributed by atoms with E-state index in [-0.39, 0.29) is 17.9 Å². The molecule has 0 aliphatic carbocycles. The summed E-state index contributed by atoms with van der Waals surface area (Å²) in [6, 6.07) is 20.2. The van der Waals surface area contributed by atoms with Crippen LogP contribution in [0.5, 0.6) is 5.75 Å². The zero-order valence-corrected chi connectivity index (χ0v) is 17.8. The van der Waals surface area contributed by atoms with Gasteiger partial charge in [0.05, 0.1) is 12.0 Å². The molecule has 0 saturated carbocycles. The summed E-state index contributed by atoms with van der Waals surface area (Å²) in [5, 5.41) is 8.88. The maximum absolute atomic E-state index is 12.6. The highest BCUT2D eigenvalue weighted by Crippen LogP contribution is 2.23. The van der Waals surface area contributed by atoms with Gasteiger partial charge < -0.3 is 15.6 Å². The van der Waals surface area contributed by atoms with Gasteiger partial charge in [-0.3, -0.25) is 4.79 Å². The van der Waals surface area contributed by atoms with Crippen molar-refractivity contribution in [1.29, 1.82) is 0 Å². The Kier molecular flexibility index (Phi) is 7.06. The standard InChI is InChI=1S/C23H24N2O5S/c1-30-20-10-6-18(7-11-20)19-8-12-21(13-9-19)31(28,29)25-15-17-4-2-16(3-5-17)14-22(24)23(26)27/h2-13,22,25H,14-15,24H2,1H3,(H,26,27). The molecule has 0 aliphatic heterocycles. The van der Waals surface area contributed by atoms with Crippen LogP contribution in [-0.2, 0) is 27.8 Å². The number of nitrogens with one attached hydrogen (secondary N) is 1. The topological polar surface area (TPSA) is 119 Å². The van der Waals surface area contributed by atoms with E-state index in [2.05, 4.69) is 4.72 Å². The average Bonchev–Trinajstić information content (AvgIpc) is 2.79. The van der Waals surface area contributed by atoms with Gasteiger partial charge in [-0.15, -0.1) is 0 Å². The Bertz CT molecular complexity index is 1130. The monoisotopic (exact) mass is 440 g/mol. The van der Waals surface area contributed by atoms with Crippen LogP contribution in [0.2, 0.25) is 0 Å². The number of methoxy groups -OCH3 is 1. The first-order chi connectivity index (χ1) is 14.8. The highest BCUT2D eigenvalue weighted by molar-refractivity contribution is 7.89. The third-order valence-corrected chi connectivity index (χ3v) is 6.27. The molecule has 4 N–H and O–H groups in total. The Morgan fingerprint density at radius 2 is 1.45 bits per heavy atom. The van der Waals surface area contributed by atoms with Crippen molar-refractivity contribution in [3.05, 3.63) is 83.9 Å². The molecule has 8 heteroatoms. The Morgan fingerprint density at radius 1 is 0.935 bits per heavy atom. The third-order valence-electron chi connectivity index (χ3n) is 4.85. The minimum absolute atomic E-state index is 0.119. The van der Waals surface area contributed by atoms with Crippen LogP contribution in [0, 0.1) is 0 Å². The summed E-state index contributed by atoms with van der Waals surface area (Å²) < 4.78 is 33.0. The van der Waals surface area contributed by atoms with Gasteiger partial charge in [-0.2, -0.15) is 0 Å². The van der Waals surface area contributed by atoms with Crippen molar-refractivity contribution < 1.29 is 23.1 Å². The van der Waals surface area contributed by atoms with Crippen LogP contribution in [0.4, 0.5) is 0 Å². The molecule has 0 aromatic heterocycles. The van der Waals surface area contributed by atoms with Crippen LogP contribution in [-0.4, -0.2) is 32.6 Å². The summed E-state index contributed by atoms with van der Waals surface area (Å²) in [4.78, 5) is 11.0. The molecular weight excluding hydrogens is 416 g/mol. The fraction of sp³-hybridized carbons (Fsp3) is 0.174. The van der Waals surface area contributed by atoms with Crippen molar-refractivity contribution >= 4 is 16.0 Å². The maximum atomic E-state index is 12.6. The highest BCUT2D eigenvalue weighted by atomic mass is 32.2. The summed E-state index contributed by atoms with van der Waals surface area (Å²) >= 11 is 0. The number of benzene rings is 3. The second-order valence-electron chi connectivity index (χ2n) is 7.04. The number of hydrogen-bond acceptors (Lipinski definition) is 5. The summed E-state index contributed by atoms with van der Waals surface area (Å²) in [5.41, 5.74) is 8.92. The summed E-state index contributed by atoms with van der Waals surface area (Å²) in [6.07, 6.45) is 0.210. The van der Waals surface area contributed by atoms with Gasteiger partial charge in [0.25, 0.3) is 0 Å². The lowest BCUT2D eigenvalue weighted by Crippen LogP contribution is -2.32. The van der Waals surface area contributed by atoms with Crippen molar-refractivity contribution in [3.63, 3.8) is 0 Å². The lowest BCUT2D eigenvalue weighted by molar-refractivity contribution is -0.138. The van der Waals surface area contributed by atoms with Crippen molar-refractivity contribution in [1.82, 2.24) is 4.72 Å². The maximum Gasteiger partial charge on any atom is 0.320 e. The Morgan fingerprint density at radius 3 is 1.97 bits per heavy atom. The SMILES string of the molecule is COc1ccc(-c2ccc(S(=O)(=O)NCc3ccc(CC(N)C(=O)O)cc3)cc2)cc1. The van der Waals surface area contributed by atoms with E-state index in [0.717, 1.165) is 28.0 Å². The second kappa shape index (κ2) is 9.74. The second-order valence-corrected chi connectivity index (χ2v) is 8.81. The fourth-order valence-corrected chi connectivity index (χ4v) is 4.02. The van der Waals surface area contributed by atoms with Crippen LogP contribution >= 0.6 is 0 Å². The van der Waals surface area contributed by atoms with E-state index in [0.29, 0.717) is 0 Å². The zero-order valence-electron chi connectivity index (χ0n) is 17.0. The quantitative estimate of drug-likeness (QED) is 0.471. The molecule has 0 bridgehead atoms. The van der Waals surface area contributed by atoms with Crippen LogP contribution in [0.1, 0.15) is 11.1 Å². The minimum Gasteiger partial charge on any atom is -0.497 e. The molecule has 0 radical (unpaired) electrons. The average molecular weight is 441 g/mol. The molecule has 0 spiro atoms. The van der Waals surface area contributed by atoms with E-state index in [1.807, 2.05) is 24.3 Å². The number of ether oxygens (including phenoxy) is 1. The summed E-state index contributed by atoms with van der Waals surface area (Å²) in [6.45, 7) is 0.119. The molecule has 3 aromatic carbocycles. The van der Waals surface area contributed by atoms with E-state index in [4.69, 9.17) is 15.6 Å². The van der Waals surface area contributed by atoms with Crippen LogP contribution in [0.15, 0.2) is 77.7 Å². The smallest absolute Gasteiger partial charge is 0.320 e. The van der Waals surface area contributed by atoms with E-state index in [1.165, 1.54) is 0 Å². The predicted octanol–water partition coefficient (Wildman–Crippen LogP) is 2.80. The Labute approximate surface area is 181 Å². The van der Waals surface area contributed by atoms with Gasteiger partial charge in [0.2, 0.25) is 10.0 Å². The highest BCUT2D eigenvalue weighted by Gasteiger charge is 2.15. The molecule has 3 aromatic rings. The number of rotatable bonds is 9. The zero-order chi connectivity index (χ0) is 22.4. The molecule has 0 fully saturated rings. The van der Waals surface area contributed by atoms with Crippen molar-refractivity contribution in [3.8, 4) is 16.9 Å². The lowest BCUT2D eigenvalue weighted by Gasteiger charge is -2.10. The molecule has 7 nitrogen and oxygen atoms in total. The largest absolute Gasteiger partial charge is 0.497 e. The Balaban J connectivity index is 1.63. The van der Waals surface area contributed by atoms with E-state index in [1.54, 1.807) is 55.6 Å². The first-order valence-electron chi connectivity index (χ1n) is 9.59. The van der Waals surface area contributed by atoms with Crippen molar-refractivity contribution in [2.45, 2.75) is 23.9 Å². The van der Waals surface area contributed by atoms with Gasteiger partial charge in [-0.05, 0) is 52.9 Å². The van der Waals surface area contributed by atoms with E-state index in [9.17, 15) is 13.2 Å². The van der Waals surface area contributed by atoms with Crippen LogP contribution < -0.4 is 15.2 Å². The molecule has 31 heavy (non-hydrogen) atoms. The molecule has 162 valence electrons. The number of aliphatic carboxylic acids is 1. The lowest BCUT2D eigenvalue weighted by atomic mass is 10.0. The summed E-state index contributed by atoms with van der Waals surface area (Å²) in [5.74, 6) is -0.306. The van der Waals surface area contributed by atoms with Gasteiger partial charge >= 0.3 is 5.97 Å². The number of hydrogen-bond donors (Lipinski definition) is 3. The first-order valence-corrected chi connectivity index (χ1v) is 11.1. The number of carbonyl (C=O) groups is 1. The first kappa shape index (κ1) is 22.5. The van der Waals surface area contributed by atoms with E-state index >= 15 is 0 Å². The van der Waals surface area contributed by atoms with Crippen molar-refractivity contribution in [2.24, 2.45) is 5.73 Å². The van der Waals surface area contributed by atoms with Gasteiger partial charge in [0, 0.05) is 6.54 Å². The molecule has 3 rings (SSSR count). The number of sulfonamides is 1. The molecular formula is C23H24N2O5S. The number of nitrogens with two attached hydrogens (primary N) is 1. The van der Waals surface area contributed by atoms with Crippen LogP contribution in [0.25, 0.3) is 11.1 Å². The van der Waals surface area contributed by atoms with Crippen LogP contribution in [0.3, 0.4) is 0 Å². The van der Waals surface area contributed by atoms with Gasteiger partial charge in [0.15, 0.2) is 0 Å². The molecule has 1 unspecified atom stereocenters. The molecule has 0 saturated heterocycles. The predicted molar refractivity (Wildman–Crippen MR) is 118 cm³/mol. The van der Waals surface area contributed by atoms with Gasteiger partial charge in [-0.1, -0.05) is 48.5 Å². The number of carboxylic acids is 1. The van der Waals surface area contributed by atoms with Gasteiger partial charge in [-0.25, -0.2) is 13.1 Å². The van der Waals surface area contributed by atoms with Gasteiger partial charge in [0.1, 0.15) is 11.8 Å². The molecule has 0 heterocycles.